The maximum Gasteiger partial charge on any atom is 0.416 e. The molecule has 0 saturated heterocycles. The smallest absolute Gasteiger partial charge is 0.416 e. The van der Waals surface area contributed by atoms with E-state index in [9.17, 15) is 35.9 Å². The molecule has 170 valence electrons. The first-order chi connectivity index (χ1) is 14.9. The number of hydrogen-bond donors (Lipinski definition) is 2. The van der Waals surface area contributed by atoms with E-state index >= 15 is 0 Å². The van der Waals surface area contributed by atoms with Gasteiger partial charge in [0.2, 0.25) is 0 Å². The van der Waals surface area contributed by atoms with Crippen LogP contribution in [0.5, 0.6) is 11.5 Å². The Hall–Kier alpha value is -3.06. The van der Waals surface area contributed by atoms with Crippen LogP contribution in [-0.2, 0) is 15.8 Å². The van der Waals surface area contributed by atoms with Crippen LogP contribution >= 0.6 is 15.9 Å². The second-order valence-electron chi connectivity index (χ2n) is 6.33. The van der Waals surface area contributed by atoms with Gasteiger partial charge in [-0.3, -0.25) is 14.5 Å². The number of aliphatic hydroxyl groups excluding tert-OH is 1. The average Bonchev–Trinajstić information content (AvgIpc) is 2.94. The average molecular weight is 525 g/mol. The highest BCUT2D eigenvalue weighted by atomic mass is 79.9. The molecule has 1 heterocycles. The molecule has 0 spiro atoms. The highest BCUT2D eigenvalue weighted by Gasteiger charge is 2.34. The van der Waals surface area contributed by atoms with E-state index in [2.05, 4.69) is 21.2 Å². The third-order valence-electron chi connectivity index (χ3n) is 4.16. The molecule has 32 heavy (non-hydrogen) atoms. The SMILES string of the molecule is O=C1C=C(Nc2cc(Oc3c(F)cc(C(F)(F)F)cc3F)c(Br)cc2F)C(=O)N1CCO. The minimum Gasteiger partial charge on any atom is -0.450 e. The molecule has 3 rings (SSSR count). The van der Waals surface area contributed by atoms with Crippen molar-refractivity contribution in [2.75, 3.05) is 18.5 Å². The van der Waals surface area contributed by atoms with Crippen LogP contribution in [0.25, 0.3) is 0 Å². The molecule has 0 saturated carbocycles. The zero-order valence-corrected chi connectivity index (χ0v) is 17.2. The fraction of sp³-hybridized carbons (Fsp3) is 0.158. The van der Waals surface area contributed by atoms with Crippen molar-refractivity contribution in [3.8, 4) is 11.5 Å². The van der Waals surface area contributed by atoms with Crippen molar-refractivity contribution in [1.29, 1.82) is 0 Å². The Morgan fingerprint density at radius 1 is 1.03 bits per heavy atom. The summed E-state index contributed by atoms with van der Waals surface area (Å²) in [6.07, 6.45) is -4.13. The number of aliphatic hydroxyl groups is 1. The lowest BCUT2D eigenvalue weighted by molar-refractivity contribution is -0.138. The molecule has 2 aromatic rings. The summed E-state index contributed by atoms with van der Waals surface area (Å²) in [4.78, 5) is 24.7. The molecule has 0 fully saturated rings. The molecule has 0 aliphatic carbocycles. The number of benzene rings is 2. The van der Waals surface area contributed by atoms with E-state index in [-0.39, 0.29) is 28.8 Å². The Bertz CT molecular complexity index is 1110. The van der Waals surface area contributed by atoms with E-state index in [4.69, 9.17) is 9.84 Å². The van der Waals surface area contributed by atoms with Crippen LogP contribution in [0.1, 0.15) is 5.56 Å². The van der Waals surface area contributed by atoms with Gasteiger partial charge in [0.25, 0.3) is 11.8 Å². The summed E-state index contributed by atoms with van der Waals surface area (Å²) in [6, 6.07) is 1.77. The van der Waals surface area contributed by atoms with Gasteiger partial charge < -0.3 is 15.2 Å². The van der Waals surface area contributed by atoms with Gasteiger partial charge >= 0.3 is 6.18 Å². The molecule has 0 aromatic heterocycles. The van der Waals surface area contributed by atoms with Crippen molar-refractivity contribution < 1.29 is 45.8 Å². The van der Waals surface area contributed by atoms with E-state index in [1.165, 1.54) is 0 Å². The second kappa shape index (κ2) is 8.82. The molecule has 2 N–H and O–H groups in total. The van der Waals surface area contributed by atoms with Crippen molar-refractivity contribution in [3.63, 3.8) is 0 Å². The quantitative estimate of drug-likeness (QED) is 0.434. The Morgan fingerprint density at radius 3 is 2.22 bits per heavy atom. The topological polar surface area (TPSA) is 78.9 Å². The Morgan fingerprint density at radius 2 is 1.66 bits per heavy atom. The van der Waals surface area contributed by atoms with Gasteiger partial charge in [-0.15, -0.1) is 0 Å². The third kappa shape index (κ3) is 4.72. The highest BCUT2D eigenvalue weighted by molar-refractivity contribution is 9.10. The number of β-amino-alcohol motifs (C(OH)–C–C–N with tert-alkyl or cyclic N) is 1. The van der Waals surface area contributed by atoms with Crippen LogP contribution in [0.15, 0.2) is 40.5 Å². The summed E-state index contributed by atoms with van der Waals surface area (Å²) < 4.78 is 85.5. The number of anilines is 1. The van der Waals surface area contributed by atoms with Crippen LogP contribution in [0, 0.1) is 17.5 Å². The minimum absolute atomic E-state index is 0.0400. The van der Waals surface area contributed by atoms with E-state index < -0.39 is 64.8 Å². The first-order valence-electron chi connectivity index (χ1n) is 8.61. The molecular weight excluding hydrogens is 514 g/mol. The number of halogens is 7. The first-order valence-corrected chi connectivity index (χ1v) is 9.40. The van der Waals surface area contributed by atoms with E-state index in [0.29, 0.717) is 4.90 Å². The molecule has 2 aromatic carbocycles. The lowest BCUT2D eigenvalue weighted by atomic mass is 10.2. The molecule has 2 amide bonds. The normalized spacial score (nSPS) is 14.1. The lowest BCUT2D eigenvalue weighted by Crippen LogP contribution is -2.34. The number of imide groups is 1. The summed E-state index contributed by atoms with van der Waals surface area (Å²) in [5.74, 6) is -7.45. The molecule has 1 aliphatic rings. The fourth-order valence-electron chi connectivity index (χ4n) is 2.69. The highest BCUT2D eigenvalue weighted by Crippen LogP contribution is 2.39. The van der Waals surface area contributed by atoms with Crippen LogP contribution in [0.4, 0.5) is 32.0 Å². The minimum atomic E-state index is -4.99. The second-order valence-corrected chi connectivity index (χ2v) is 7.19. The molecule has 0 bridgehead atoms. The number of amides is 2. The molecule has 0 atom stereocenters. The number of ether oxygens (including phenoxy) is 1. The number of nitrogens with one attached hydrogen (secondary N) is 1. The van der Waals surface area contributed by atoms with Crippen LogP contribution < -0.4 is 10.1 Å². The van der Waals surface area contributed by atoms with Crippen LogP contribution in [-0.4, -0.2) is 35.0 Å². The Balaban J connectivity index is 1.91. The van der Waals surface area contributed by atoms with Crippen molar-refractivity contribution in [3.05, 3.63) is 63.5 Å². The molecular formula is C19H11BrF6N2O4. The number of alkyl halides is 3. The van der Waals surface area contributed by atoms with Gasteiger partial charge in [-0.05, 0) is 34.1 Å². The van der Waals surface area contributed by atoms with Gasteiger partial charge in [0.1, 0.15) is 17.3 Å². The Labute approximate surface area is 184 Å². The zero-order valence-electron chi connectivity index (χ0n) is 15.6. The number of carbonyl (C=O) groups excluding carboxylic acids is 2. The van der Waals surface area contributed by atoms with Crippen molar-refractivity contribution in [1.82, 2.24) is 4.90 Å². The van der Waals surface area contributed by atoms with Gasteiger partial charge in [-0.25, -0.2) is 13.2 Å². The summed E-state index contributed by atoms with van der Waals surface area (Å²) >= 11 is 2.91. The van der Waals surface area contributed by atoms with Crippen molar-refractivity contribution >= 4 is 33.4 Å². The number of hydrogen-bond acceptors (Lipinski definition) is 5. The largest absolute Gasteiger partial charge is 0.450 e. The van der Waals surface area contributed by atoms with E-state index in [1.54, 1.807) is 0 Å². The van der Waals surface area contributed by atoms with Crippen molar-refractivity contribution in [2.24, 2.45) is 0 Å². The maximum absolute atomic E-state index is 14.3. The monoisotopic (exact) mass is 524 g/mol. The zero-order chi connectivity index (χ0) is 23.8. The lowest BCUT2D eigenvalue weighted by Gasteiger charge is -2.16. The molecule has 1 aliphatic heterocycles. The first kappa shape index (κ1) is 23.6. The molecule has 13 heteroatoms. The number of carbonyl (C=O) groups is 2. The summed E-state index contributed by atoms with van der Waals surface area (Å²) in [6.45, 7) is -0.781. The molecule has 0 unspecified atom stereocenters. The van der Waals surface area contributed by atoms with Gasteiger partial charge in [-0.2, -0.15) is 13.2 Å². The summed E-state index contributed by atoms with van der Waals surface area (Å²) in [5.41, 5.74) is -2.35. The number of rotatable bonds is 6. The van der Waals surface area contributed by atoms with Crippen LogP contribution in [0.3, 0.4) is 0 Å². The summed E-state index contributed by atoms with van der Waals surface area (Å²) in [7, 11) is 0. The predicted molar refractivity (Wildman–Crippen MR) is 101 cm³/mol. The standard InChI is InChI=1S/C19H11BrF6N2O4/c20-9-5-10(21)13(27-14-7-16(30)28(1-2-29)18(14)31)6-15(9)32-17-11(22)3-8(4-12(17)23)19(24,25)26/h3-7,27,29H,1-2H2. The Kier molecular flexibility index (Phi) is 6.51. The van der Waals surface area contributed by atoms with Gasteiger partial charge in [0.05, 0.1) is 28.9 Å². The van der Waals surface area contributed by atoms with Crippen molar-refractivity contribution in [2.45, 2.75) is 6.18 Å². The van der Waals surface area contributed by atoms with Gasteiger partial charge in [0.15, 0.2) is 17.4 Å². The van der Waals surface area contributed by atoms with E-state index in [0.717, 1.165) is 18.2 Å². The maximum atomic E-state index is 14.3. The number of nitrogens with zero attached hydrogens (tertiary/aromatic N) is 1. The predicted octanol–water partition coefficient (Wildman–Crippen LogP) is 4.33. The molecule has 0 radical (unpaired) electrons. The third-order valence-corrected chi connectivity index (χ3v) is 4.78. The van der Waals surface area contributed by atoms with Gasteiger partial charge in [0, 0.05) is 12.1 Å². The van der Waals surface area contributed by atoms with Crippen LogP contribution in [0.2, 0.25) is 0 Å². The van der Waals surface area contributed by atoms with E-state index in [1.807, 2.05) is 0 Å². The van der Waals surface area contributed by atoms with Gasteiger partial charge in [-0.1, -0.05) is 0 Å². The fourth-order valence-corrected chi connectivity index (χ4v) is 3.09. The molecule has 6 nitrogen and oxygen atoms in total. The summed E-state index contributed by atoms with van der Waals surface area (Å²) in [5, 5.41) is 11.2.